The van der Waals surface area contributed by atoms with Gasteiger partial charge in [-0.3, -0.25) is 0 Å². The lowest BCUT2D eigenvalue weighted by atomic mass is 10.1. The number of sulfonamides is 1. The first-order chi connectivity index (χ1) is 9.81. The van der Waals surface area contributed by atoms with Crippen LogP contribution in [0, 0.1) is 5.82 Å². The van der Waals surface area contributed by atoms with Crippen molar-refractivity contribution in [2.75, 3.05) is 5.73 Å². The standard InChI is InChI=1S/C14H14ClFN2O2S/c1-9(11-4-2-3-5-13(11)16)18-21(19,20)14-8-10(17)6-7-12(14)15/h2-9,18H,17H2,1H3. The molecule has 2 aromatic rings. The molecule has 1 atom stereocenters. The summed E-state index contributed by atoms with van der Waals surface area (Å²) in [4.78, 5) is -0.132. The van der Waals surface area contributed by atoms with Gasteiger partial charge in [0.05, 0.1) is 5.02 Å². The van der Waals surface area contributed by atoms with E-state index in [0.29, 0.717) is 0 Å². The Balaban J connectivity index is 2.34. The summed E-state index contributed by atoms with van der Waals surface area (Å²) in [7, 11) is -3.91. The van der Waals surface area contributed by atoms with Crippen LogP contribution in [0.5, 0.6) is 0 Å². The molecule has 112 valence electrons. The van der Waals surface area contributed by atoms with Crippen LogP contribution in [0.3, 0.4) is 0 Å². The number of hydrogen-bond acceptors (Lipinski definition) is 3. The molecule has 4 nitrogen and oxygen atoms in total. The summed E-state index contributed by atoms with van der Waals surface area (Å²) in [6.45, 7) is 1.55. The number of rotatable bonds is 4. The Kier molecular flexibility index (Phi) is 4.51. The van der Waals surface area contributed by atoms with E-state index in [1.807, 2.05) is 0 Å². The van der Waals surface area contributed by atoms with E-state index in [4.69, 9.17) is 17.3 Å². The van der Waals surface area contributed by atoms with Gasteiger partial charge in [-0.05, 0) is 31.2 Å². The van der Waals surface area contributed by atoms with E-state index in [-0.39, 0.29) is 21.2 Å². The number of hydrogen-bond donors (Lipinski definition) is 2. The van der Waals surface area contributed by atoms with Gasteiger partial charge in [0.2, 0.25) is 10.0 Å². The van der Waals surface area contributed by atoms with Crippen molar-refractivity contribution in [2.24, 2.45) is 0 Å². The van der Waals surface area contributed by atoms with E-state index >= 15 is 0 Å². The minimum Gasteiger partial charge on any atom is -0.399 e. The molecule has 3 N–H and O–H groups in total. The Labute approximate surface area is 127 Å². The summed E-state index contributed by atoms with van der Waals surface area (Å²) in [6, 6.07) is 9.39. The summed E-state index contributed by atoms with van der Waals surface area (Å²) >= 11 is 5.89. The lowest BCUT2D eigenvalue weighted by Gasteiger charge is -2.16. The van der Waals surface area contributed by atoms with E-state index in [1.54, 1.807) is 13.0 Å². The van der Waals surface area contributed by atoms with Gasteiger partial charge in [0, 0.05) is 17.3 Å². The largest absolute Gasteiger partial charge is 0.399 e. The molecule has 0 saturated heterocycles. The normalized spacial score (nSPS) is 13.1. The lowest BCUT2D eigenvalue weighted by molar-refractivity contribution is 0.550. The molecule has 7 heteroatoms. The van der Waals surface area contributed by atoms with Crippen molar-refractivity contribution < 1.29 is 12.8 Å². The number of benzene rings is 2. The minimum atomic E-state index is -3.91. The molecule has 0 saturated carbocycles. The molecule has 0 radical (unpaired) electrons. The predicted octanol–water partition coefficient (Wildman–Crippen LogP) is 3.10. The molecule has 0 amide bonds. The van der Waals surface area contributed by atoms with Crippen molar-refractivity contribution in [3.63, 3.8) is 0 Å². The summed E-state index contributed by atoms with van der Waals surface area (Å²) in [5, 5.41) is 0.0532. The van der Waals surface area contributed by atoms with E-state index < -0.39 is 21.9 Å². The molecule has 2 rings (SSSR count). The van der Waals surface area contributed by atoms with Gasteiger partial charge in [-0.1, -0.05) is 29.8 Å². The molecule has 0 bridgehead atoms. The van der Waals surface area contributed by atoms with E-state index in [9.17, 15) is 12.8 Å². The third-order valence-electron chi connectivity index (χ3n) is 2.95. The number of anilines is 1. The van der Waals surface area contributed by atoms with Crippen molar-refractivity contribution in [3.05, 3.63) is 58.9 Å². The molecule has 0 aromatic heterocycles. The molecule has 1 unspecified atom stereocenters. The fraction of sp³-hybridized carbons (Fsp3) is 0.143. The number of nitrogens with one attached hydrogen (secondary N) is 1. The molecule has 0 heterocycles. The van der Waals surface area contributed by atoms with Crippen molar-refractivity contribution in [3.8, 4) is 0 Å². The van der Waals surface area contributed by atoms with Gasteiger partial charge in [-0.25, -0.2) is 17.5 Å². The van der Waals surface area contributed by atoms with Crippen LogP contribution < -0.4 is 10.5 Å². The zero-order chi connectivity index (χ0) is 15.6. The molecule has 0 aliphatic rings. The van der Waals surface area contributed by atoms with E-state index in [1.165, 1.54) is 36.4 Å². The van der Waals surface area contributed by atoms with Crippen LogP contribution in [0.2, 0.25) is 5.02 Å². The third-order valence-corrected chi connectivity index (χ3v) is 4.97. The fourth-order valence-electron chi connectivity index (χ4n) is 1.91. The van der Waals surface area contributed by atoms with Gasteiger partial charge in [0.15, 0.2) is 0 Å². The summed E-state index contributed by atoms with van der Waals surface area (Å²) in [6.07, 6.45) is 0. The molecule has 0 aliphatic carbocycles. The first-order valence-corrected chi connectivity index (χ1v) is 7.99. The Morgan fingerprint density at radius 2 is 1.90 bits per heavy atom. The Morgan fingerprint density at radius 3 is 2.57 bits per heavy atom. The van der Waals surface area contributed by atoms with Crippen LogP contribution in [-0.4, -0.2) is 8.42 Å². The molecule has 0 spiro atoms. The highest BCUT2D eigenvalue weighted by Crippen LogP contribution is 2.26. The van der Waals surface area contributed by atoms with Crippen LogP contribution in [0.25, 0.3) is 0 Å². The van der Waals surface area contributed by atoms with E-state index in [2.05, 4.69) is 4.72 Å². The molecule has 21 heavy (non-hydrogen) atoms. The second-order valence-corrected chi connectivity index (χ2v) is 6.64. The highest BCUT2D eigenvalue weighted by atomic mass is 35.5. The minimum absolute atomic E-state index is 0.0532. The second-order valence-electron chi connectivity index (χ2n) is 4.55. The van der Waals surface area contributed by atoms with Gasteiger partial charge in [0.25, 0.3) is 0 Å². The van der Waals surface area contributed by atoms with Gasteiger partial charge < -0.3 is 5.73 Å². The zero-order valence-corrected chi connectivity index (χ0v) is 12.7. The Bertz CT molecular complexity index is 765. The topological polar surface area (TPSA) is 72.2 Å². The maximum absolute atomic E-state index is 13.7. The molecular formula is C14H14ClFN2O2S. The number of nitrogen functional groups attached to an aromatic ring is 1. The highest BCUT2D eigenvalue weighted by Gasteiger charge is 2.22. The average molecular weight is 329 g/mol. The quantitative estimate of drug-likeness (QED) is 0.847. The summed E-state index contributed by atoms with van der Waals surface area (Å²) in [5.41, 5.74) is 6.11. The SMILES string of the molecule is CC(NS(=O)(=O)c1cc(N)ccc1Cl)c1ccccc1F. The first-order valence-electron chi connectivity index (χ1n) is 6.13. The maximum Gasteiger partial charge on any atom is 0.242 e. The van der Waals surface area contributed by atoms with Gasteiger partial charge in [-0.2, -0.15) is 0 Å². The smallest absolute Gasteiger partial charge is 0.242 e. The second kappa shape index (κ2) is 6.01. The summed E-state index contributed by atoms with van der Waals surface area (Å²) < 4.78 is 40.7. The monoisotopic (exact) mass is 328 g/mol. The van der Waals surface area contributed by atoms with Gasteiger partial charge >= 0.3 is 0 Å². The number of halogens is 2. The van der Waals surface area contributed by atoms with Crippen molar-refractivity contribution in [1.82, 2.24) is 4.72 Å². The van der Waals surface area contributed by atoms with Gasteiger partial charge in [0.1, 0.15) is 10.7 Å². The maximum atomic E-state index is 13.7. The first kappa shape index (κ1) is 15.8. The number of nitrogens with two attached hydrogens (primary N) is 1. The van der Waals surface area contributed by atoms with E-state index in [0.717, 1.165) is 0 Å². The van der Waals surface area contributed by atoms with Crippen molar-refractivity contribution in [2.45, 2.75) is 17.9 Å². The predicted molar refractivity (Wildman–Crippen MR) is 81.0 cm³/mol. The summed E-state index contributed by atoms with van der Waals surface area (Å²) in [5.74, 6) is -0.480. The molecular weight excluding hydrogens is 315 g/mol. The van der Waals surface area contributed by atoms with Crippen molar-refractivity contribution in [1.29, 1.82) is 0 Å². The fourth-order valence-corrected chi connectivity index (χ4v) is 3.67. The van der Waals surface area contributed by atoms with Crippen LogP contribution in [0.4, 0.5) is 10.1 Å². The molecule has 0 aliphatic heterocycles. The average Bonchev–Trinajstić information content (AvgIpc) is 2.41. The van der Waals surface area contributed by atoms with Crippen LogP contribution in [-0.2, 0) is 10.0 Å². The molecule has 0 fully saturated rings. The highest BCUT2D eigenvalue weighted by molar-refractivity contribution is 7.89. The zero-order valence-electron chi connectivity index (χ0n) is 11.2. The Hall–Kier alpha value is -1.63. The third kappa shape index (κ3) is 3.53. The molecule has 2 aromatic carbocycles. The lowest BCUT2D eigenvalue weighted by Crippen LogP contribution is -2.27. The van der Waals surface area contributed by atoms with Crippen molar-refractivity contribution >= 4 is 27.3 Å². The Morgan fingerprint density at radius 1 is 1.24 bits per heavy atom. The van der Waals surface area contributed by atoms with Crippen LogP contribution in [0.15, 0.2) is 47.4 Å². The van der Waals surface area contributed by atoms with Crippen LogP contribution in [0.1, 0.15) is 18.5 Å². The van der Waals surface area contributed by atoms with Gasteiger partial charge in [-0.15, -0.1) is 0 Å². The van der Waals surface area contributed by atoms with Crippen LogP contribution >= 0.6 is 11.6 Å².